The van der Waals surface area contributed by atoms with E-state index in [9.17, 15) is 0 Å². The molecule has 1 aliphatic heterocycles. The number of fused-ring (bicyclic) bond motifs is 2. The van der Waals surface area contributed by atoms with Crippen molar-refractivity contribution in [2.75, 3.05) is 6.54 Å². The minimum Gasteiger partial charge on any atom is -0.455 e. The van der Waals surface area contributed by atoms with Gasteiger partial charge >= 0.3 is 0 Å². The lowest BCUT2D eigenvalue weighted by Gasteiger charge is -2.07. The minimum absolute atomic E-state index is 0.631. The van der Waals surface area contributed by atoms with E-state index in [4.69, 9.17) is 4.42 Å². The van der Waals surface area contributed by atoms with Crippen molar-refractivity contribution in [2.24, 2.45) is 5.92 Å². The number of hydrogen-bond acceptors (Lipinski definition) is 3. The molecule has 1 aliphatic carbocycles. The Labute approximate surface area is 99.5 Å². The van der Waals surface area contributed by atoms with Gasteiger partial charge in [0.15, 0.2) is 5.58 Å². The number of hydrogen-bond donors (Lipinski definition) is 1. The minimum atomic E-state index is 0.631. The van der Waals surface area contributed by atoms with Gasteiger partial charge in [-0.1, -0.05) is 6.08 Å². The van der Waals surface area contributed by atoms with Crippen LogP contribution in [-0.2, 0) is 0 Å². The molecule has 4 rings (SSSR count). The first-order valence-electron chi connectivity index (χ1n) is 6.19. The van der Waals surface area contributed by atoms with Crippen LogP contribution in [0.5, 0.6) is 0 Å². The van der Waals surface area contributed by atoms with Gasteiger partial charge in [-0.25, -0.2) is 0 Å². The lowest BCUT2D eigenvalue weighted by Crippen LogP contribution is -2.22. The van der Waals surface area contributed by atoms with Crippen molar-refractivity contribution in [1.29, 1.82) is 0 Å². The molecule has 1 fully saturated rings. The molecule has 2 aliphatic rings. The molecule has 2 atom stereocenters. The second kappa shape index (κ2) is 3.44. The monoisotopic (exact) mass is 226 g/mol. The number of aromatic nitrogens is 1. The van der Waals surface area contributed by atoms with Crippen LogP contribution in [0.4, 0.5) is 0 Å². The van der Waals surface area contributed by atoms with E-state index in [1.54, 1.807) is 6.20 Å². The van der Waals surface area contributed by atoms with Crippen LogP contribution < -0.4 is 5.32 Å². The van der Waals surface area contributed by atoms with Crippen LogP contribution in [0, 0.1) is 5.92 Å². The summed E-state index contributed by atoms with van der Waals surface area (Å²) >= 11 is 0. The first-order chi connectivity index (χ1) is 8.40. The second-order valence-corrected chi connectivity index (χ2v) is 4.91. The molecule has 0 spiro atoms. The molecule has 1 saturated heterocycles. The Morgan fingerprint density at radius 1 is 1.41 bits per heavy atom. The molecule has 17 heavy (non-hydrogen) atoms. The van der Waals surface area contributed by atoms with Gasteiger partial charge in [-0.05, 0) is 43.0 Å². The highest BCUT2D eigenvalue weighted by Gasteiger charge is 2.32. The Kier molecular flexibility index (Phi) is 1.91. The third-order valence-electron chi connectivity index (χ3n) is 3.86. The molecule has 0 radical (unpaired) electrons. The van der Waals surface area contributed by atoms with Crippen molar-refractivity contribution >= 4 is 16.7 Å². The highest BCUT2D eigenvalue weighted by atomic mass is 16.3. The first-order valence-corrected chi connectivity index (χ1v) is 6.19. The van der Waals surface area contributed by atoms with Gasteiger partial charge in [0.2, 0.25) is 0 Å². The maximum atomic E-state index is 5.86. The van der Waals surface area contributed by atoms with Crippen molar-refractivity contribution in [3.05, 3.63) is 36.2 Å². The van der Waals surface area contributed by atoms with Crippen LogP contribution in [0.25, 0.3) is 16.7 Å². The Morgan fingerprint density at radius 3 is 3.29 bits per heavy atom. The largest absolute Gasteiger partial charge is 0.455 e. The summed E-state index contributed by atoms with van der Waals surface area (Å²) < 4.78 is 5.86. The van der Waals surface area contributed by atoms with Crippen LogP contribution >= 0.6 is 0 Å². The number of nitrogens with one attached hydrogen (secondary N) is 1. The molecule has 3 heteroatoms. The zero-order chi connectivity index (χ0) is 11.2. The smallest absolute Gasteiger partial charge is 0.153 e. The average molecular weight is 226 g/mol. The summed E-state index contributed by atoms with van der Waals surface area (Å²) in [5, 5.41) is 3.54. The zero-order valence-electron chi connectivity index (χ0n) is 9.52. The summed E-state index contributed by atoms with van der Waals surface area (Å²) in [6, 6.07) is 6.57. The Bertz CT molecular complexity index is 566. The average Bonchev–Trinajstić information content (AvgIpc) is 3.01. The van der Waals surface area contributed by atoms with E-state index in [2.05, 4.69) is 22.4 Å². The molecule has 2 aromatic heterocycles. The SMILES string of the molecule is C1=C(c2cc3ncccc3o2)C[C@H]2NCC[C@@H]12. The van der Waals surface area contributed by atoms with Crippen molar-refractivity contribution in [3.8, 4) is 0 Å². The summed E-state index contributed by atoms with van der Waals surface area (Å²) in [4.78, 5) is 4.31. The highest BCUT2D eigenvalue weighted by molar-refractivity contribution is 5.79. The van der Waals surface area contributed by atoms with Crippen LogP contribution in [0.3, 0.4) is 0 Å². The first kappa shape index (κ1) is 9.42. The van der Waals surface area contributed by atoms with Gasteiger partial charge in [-0.15, -0.1) is 0 Å². The van der Waals surface area contributed by atoms with E-state index in [1.807, 2.05) is 12.1 Å². The fourth-order valence-electron chi connectivity index (χ4n) is 2.98. The summed E-state index contributed by atoms with van der Waals surface area (Å²) in [5.74, 6) is 1.70. The number of pyridine rings is 1. The predicted molar refractivity (Wildman–Crippen MR) is 66.5 cm³/mol. The van der Waals surface area contributed by atoms with E-state index < -0.39 is 0 Å². The summed E-state index contributed by atoms with van der Waals surface area (Å²) in [7, 11) is 0. The van der Waals surface area contributed by atoms with Gasteiger partial charge in [0.1, 0.15) is 11.3 Å². The molecular weight excluding hydrogens is 212 g/mol. The fraction of sp³-hybridized carbons (Fsp3) is 0.357. The molecule has 0 bridgehead atoms. The molecular formula is C14H14N2O. The topological polar surface area (TPSA) is 38.1 Å². The van der Waals surface area contributed by atoms with Crippen LogP contribution in [-0.4, -0.2) is 17.6 Å². The maximum Gasteiger partial charge on any atom is 0.153 e. The fourth-order valence-corrected chi connectivity index (χ4v) is 2.98. The van der Waals surface area contributed by atoms with E-state index in [0.717, 1.165) is 29.8 Å². The number of rotatable bonds is 1. The summed E-state index contributed by atoms with van der Waals surface area (Å²) in [5.41, 5.74) is 3.17. The van der Waals surface area contributed by atoms with E-state index in [0.29, 0.717) is 12.0 Å². The van der Waals surface area contributed by atoms with Crippen molar-refractivity contribution in [2.45, 2.75) is 18.9 Å². The molecule has 3 heterocycles. The molecule has 2 aromatic rings. The lowest BCUT2D eigenvalue weighted by molar-refractivity contribution is 0.555. The van der Waals surface area contributed by atoms with Gasteiger partial charge in [-0.3, -0.25) is 4.98 Å². The molecule has 3 nitrogen and oxygen atoms in total. The van der Waals surface area contributed by atoms with Gasteiger partial charge in [-0.2, -0.15) is 0 Å². The van der Waals surface area contributed by atoms with Gasteiger partial charge in [0.05, 0.1) is 0 Å². The summed E-state index contributed by atoms with van der Waals surface area (Å²) in [6.07, 6.45) is 6.53. The molecule has 0 unspecified atom stereocenters. The van der Waals surface area contributed by atoms with E-state index >= 15 is 0 Å². The van der Waals surface area contributed by atoms with Crippen LogP contribution in [0.1, 0.15) is 18.6 Å². The second-order valence-electron chi connectivity index (χ2n) is 4.91. The zero-order valence-corrected chi connectivity index (χ0v) is 9.52. The Balaban J connectivity index is 1.75. The number of furan rings is 1. The Morgan fingerprint density at radius 2 is 2.41 bits per heavy atom. The normalized spacial score (nSPS) is 27.4. The maximum absolute atomic E-state index is 5.86. The standard InChI is InChI=1S/C14H14N2O/c1-2-13-12(15-4-1)8-14(17-13)10-6-9-3-5-16-11(9)7-10/h1-2,4,6,8-9,11,16H,3,5,7H2/t9-,11+/m0/s1. The molecule has 0 aromatic carbocycles. The van der Waals surface area contributed by atoms with Crippen molar-refractivity contribution < 1.29 is 4.42 Å². The van der Waals surface area contributed by atoms with Gasteiger partial charge < -0.3 is 9.73 Å². The highest BCUT2D eigenvalue weighted by Crippen LogP contribution is 2.37. The molecule has 0 amide bonds. The quantitative estimate of drug-likeness (QED) is 0.812. The Hall–Kier alpha value is -1.61. The van der Waals surface area contributed by atoms with E-state index in [-0.39, 0.29) is 0 Å². The third kappa shape index (κ3) is 1.42. The summed E-state index contributed by atoms with van der Waals surface area (Å²) in [6.45, 7) is 1.15. The van der Waals surface area contributed by atoms with Crippen molar-refractivity contribution in [3.63, 3.8) is 0 Å². The predicted octanol–water partition coefficient (Wildman–Crippen LogP) is 2.59. The van der Waals surface area contributed by atoms with Crippen LogP contribution in [0.15, 0.2) is 34.9 Å². The lowest BCUT2D eigenvalue weighted by atomic mass is 10.1. The van der Waals surface area contributed by atoms with Crippen LogP contribution in [0.2, 0.25) is 0 Å². The number of nitrogens with zero attached hydrogens (tertiary/aromatic N) is 1. The van der Waals surface area contributed by atoms with E-state index in [1.165, 1.54) is 12.0 Å². The molecule has 0 saturated carbocycles. The molecule has 1 N–H and O–H groups in total. The van der Waals surface area contributed by atoms with Gasteiger partial charge in [0.25, 0.3) is 0 Å². The van der Waals surface area contributed by atoms with Crippen molar-refractivity contribution in [1.82, 2.24) is 10.3 Å². The van der Waals surface area contributed by atoms with Gasteiger partial charge in [0, 0.05) is 18.3 Å². The molecule has 86 valence electrons. The third-order valence-corrected chi connectivity index (χ3v) is 3.86.